The maximum Gasteiger partial charge on any atom is 0.127 e. The Morgan fingerprint density at radius 2 is 2.11 bits per heavy atom. The summed E-state index contributed by atoms with van der Waals surface area (Å²) in [6.07, 6.45) is 1.12. The summed E-state index contributed by atoms with van der Waals surface area (Å²) in [5.41, 5.74) is 2.01. The van der Waals surface area contributed by atoms with E-state index in [1.807, 2.05) is 23.9 Å². The molecule has 0 unspecified atom stereocenters. The van der Waals surface area contributed by atoms with E-state index in [1.165, 1.54) is 17.1 Å². The standard InChI is InChI=1S/C15H23FN2S/c1-2-5-17-11-13-3-4-15(16)14(10-13)12-18-6-8-19-9-7-18/h3-4,10,17H,2,5-9,11-12H2,1H3. The molecule has 0 saturated carbocycles. The molecule has 0 aliphatic carbocycles. The molecule has 106 valence electrons. The van der Waals surface area contributed by atoms with E-state index in [0.717, 1.165) is 44.7 Å². The van der Waals surface area contributed by atoms with Crippen molar-refractivity contribution in [3.05, 3.63) is 35.1 Å². The van der Waals surface area contributed by atoms with Crippen molar-refractivity contribution in [3.63, 3.8) is 0 Å². The molecule has 2 nitrogen and oxygen atoms in total. The summed E-state index contributed by atoms with van der Waals surface area (Å²) in [6, 6.07) is 5.50. The highest BCUT2D eigenvalue weighted by atomic mass is 32.2. The van der Waals surface area contributed by atoms with Gasteiger partial charge in [-0.2, -0.15) is 11.8 Å². The number of halogens is 1. The molecular weight excluding hydrogens is 259 g/mol. The van der Waals surface area contributed by atoms with Gasteiger partial charge >= 0.3 is 0 Å². The smallest absolute Gasteiger partial charge is 0.127 e. The number of hydrogen-bond acceptors (Lipinski definition) is 3. The first-order valence-corrected chi connectivity index (χ1v) is 8.23. The highest BCUT2D eigenvalue weighted by molar-refractivity contribution is 7.99. The van der Waals surface area contributed by atoms with Gasteiger partial charge in [-0.3, -0.25) is 4.90 Å². The van der Waals surface area contributed by atoms with Gasteiger partial charge in [0.1, 0.15) is 5.82 Å². The van der Waals surface area contributed by atoms with Gasteiger partial charge in [0.05, 0.1) is 0 Å². The van der Waals surface area contributed by atoms with Gasteiger partial charge in [0.2, 0.25) is 0 Å². The molecule has 1 aromatic carbocycles. The largest absolute Gasteiger partial charge is 0.313 e. The molecule has 1 fully saturated rings. The molecule has 2 rings (SSSR count). The van der Waals surface area contributed by atoms with Gasteiger partial charge in [-0.25, -0.2) is 4.39 Å². The Kier molecular flexibility index (Phi) is 6.14. The van der Waals surface area contributed by atoms with Crippen LogP contribution in [-0.2, 0) is 13.1 Å². The highest BCUT2D eigenvalue weighted by Crippen LogP contribution is 2.16. The van der Waals surface area contributed by atoms with Gasteiger partial charge in [0.25, 0.3) is 0 Å². The third-order valence-corrected chi connectivity index (χ3v) is 4.31. The number of thioether (sulfide) groups is 1. The second-order valence-electron chi connectivity index (χ2n) is 4.99. The van der Waals surface area contributed by atoms with E-state index >= 15 is 0 Å². The van der Waals surface area contributed by atoms with Gasteiger partial charge in [-0.1, -0.05) is 19.1 Å². The van der Waals surface area contributed by atoms with Crippen LogP contribution in [0.1, 0.15) is 24.5 Å². The van der Waals surface area contributed by atoms with Crippen LogP contribution in [0.4, 0.5) is 4.39 Å². The first-order valence-electron chi connectivity index (χ1n) is 7.07. The molecule has 1 saturated heterocycles. The predicted octanol–water partition coefficient (Wildman–Crippen LogP) is 2.87. The molecule has 4 heteroatoms. The fourth-order valence-corrected chi connectivity index (χ4v) is 3.25. The third kappa shape index (κ3) is 4.79. The Bertz CT molecular complexity index is 392. The first kappa shape index (κ1) is 14.8. The molecule has 0 radical (unpaired) electrons. The molecule has 1 N–H and O–H groups in total. The van der Waals surface area contributed by atoms with E-state index in [9.17, 15) is 4.39 Å². The minimum Gasteiger partial charge on any atom is -0.313 e. The molecule has 19 heavy (non-hydrogen) atoms. The van der Waals surface area contributed by atoms with Crippen LogP contribution in [0, 0.1) is 5.82 Å². The predicted molar refractivity (Wildman–Crippen MR) is 81.0 cm³/mol. The zero-order valence-corrected chi connectivity index (χ0v) is 12.4. The molecule has 1 aromatic rings. The zero-order valence-electron chi connectivity index (χ0n) is 11.6. The third-order valence-electron chi connectivity index (χ3n) is 3.36. The van der Waals surface area contributed by atoms with Crippen LogP contribution in [0.2, 0.25) is 0 Å². The van der Waals surface area contributed by atoms with Gasteiger partial charge < -0.3 is 5.32 Å². The van der Waals surface area contributed by atoms with E-state index in [-0.39, 0.29) is 5.82 Å². The maximum absolute atomic E-state index is 13.9. The van der Waals surface area contributed by atoms with Crippen molar-refractivity contribution < 1.29 is 4.39 Å². The van der Waals surface area contributed by atoms with Crippen molar-refractivity contribution >= 4 is 11.8 Å². The highest BCUT2D eigenvalue weighted by Gasteiger charge is 2.13. The summed E-state index contributed by atoms with van der Waals surface area (Å²) in [5.74, 6) is 2.26. The van der Waals surface area contributed by atoms with Crippen LogP contribution >= 0.6 is 11.8 Å². The molecule has 0 atom stereocenters. The summed E-state index contributed by atoms with van der Waals surface area (Å²) in [6.45, 7) is 6.88. The lowest BCUT2D eigenvalue weighted by atomic mass is 10.1. The van der Waals surface area contributed by atoms with Gasteiger partial charge in [0, 0.05) is 43.2 Å². The average Bonchev–Trinajstić information content (AvgIpc) is 2.44. The van der Waals surface area contributed by atoms with Crippen LogP contribution in [-0.4, -0.2) is 36.0 Å². The number of hydrogen-bond donors (Lipinski definition) is 1. The minimum atomic E-state index is -0.0718. The molecular formula is C15H23FN2S. The molecule has 1 aliphatic rings. The topological polar surface area (TPSA) is 15.3 Å². The summed E-state index contributed by atoms with van der Waals surface area (Å²) in [5, 5.41) is 3.36. The normalized spacial score (nSPS) is 16.7. The van der Waals surface area contributed by atoms with E-state index in [2.05, 4.69) is 17.1 Å². The lowest BCUT2D eigenvalue weighted by Gasteiger charge is -2.26. The lowest BCUT2D eigenvalue weighted by Crippen LogP contribution is -2.32. The van der Waals surface area contributed by atoms with Gasteiger partial charge in [-0.15, -0.1) is 0 Å². The summed E-state index contributed by atoms with van der Waals surface area (Å²) in [7, 11) is 0. The monoisotopic (exact) mass is 282 g/mol. The summed E-state index contributed by atoms with van der Waals surface area (Å²) in [4.78, 5) is 2.35. The van der Waals surface area contributed by atoms with E-state index in [4.69, 9.17) is 0 Å². The zero-order chi connectivity index (χ0) is 13.5. The molecule has 0 bridgehead atoms. The van der Waals surface area contributed by atoms with Crippen molar-refractivity contribution in [2.24, 2.45) is 0 Å². The number of nitrogens with one attached hydrogen (secondary N) is 1. The Morgan fingerprint density at radius 1 is 1.32 bits per heavy atom. The SMILES string of the molecule is CCCNCc1ccc(F)c(CN2CCSCC2)c1. The molecule has 1 heterocycles. The summed E-state index contributed by atoms with van der Waals surface area (Å²) >= 11 is 1.98. The Morgan fingerprint density at radius 3 is 2.84 bits per heavy atom. The average molecular weight is 282 g/mol. The van der Waals surface area contributed by atoms with Crippen molar-refractivity contribution in [3.8, 4) is 0 Å². The van der Waals surface area contributed by atoms with E-state index in [1.54, 1.807) is 6.07 Å². The minimum absolute atomic E-state index is 0.0718. The molecule has 0 amide bonds. The second-order valence-corrected chi connectivity index (χ2v) is 6.22. The van der Waals surface area contributed by atoms with Crippen molar-refractivity contribution in [1.82, 2.24) is 10.2 Å². The number of rotatable bonds is 6. The molecule has 1 aliphatic heterocycles. The fraction of sp³-hybridized carbons (Fsp3) is 0.600. The van der Waals surface area contributed by atoms with Gasteiger partial charge in [-0.05, 0) is 24.6 Å². The Labute approximate surface area is 119 Å². The van der Waals surface area contributed by atoms with Crippen LogP contribution in [0.3, 0.4) is 0 Å². The van der Waals surface area contributed by atoms with Crippen LogP contribution in [0.15, 0.2) is 18.2 Å². The number of nitrogens with zero attached hydrogens (tertiary/aromatic N) is 1. The fourth-order valence-electron chi connectivity index (χ4n) is 2.27. The van der Waals surface area contributed by atoms with Crippen molar-refractivity contribution in [1.29, 1.82) is 0 Å². The van der Waals surface area contributed by atoms with Crippen LogP contribution < -0.4 is 5.32 Å². The quantitative estimate of drug-likeness (QED) is 0.808. The van der Waals surface area contributed by atoms with Crippen molar-refractivity contribution in [2.75, 3.05) is 31.1 Å². The number of benzene rings is 1. The van der Waals surface area contributed by atoms with Crippen LogP contribution in [0.25, 0.3) is 0 Å². The molecule has 0 aromatic heterocycles. The van der Waals surface area contributed by atoms with E-state index < -0.39 is 0 Å². The van der Waals surface area contributed by atoms with Gasteiger partial charge in [0.15, 0.2) is 0 Å². The molecule has 0 spiro atoms. The Hall–Kier alpha value is -0.580. The maximum atomic E-state index is 13.9. The Balaban J connectivity index is 1.95. The lowest BCUT2D eigenvalue weighted by molar-refractivity contribution is 0.290. The first-order chi connectivity index (χ1) is 9.29. The van der Waals surface area contributed by atoms with Crippen molar-refractivity contribution in [2.45, 2.75) is 26.4 Å². The summed E-state index contributed by atoms with van der Waals surface area (Å²) < 4.78 is 13.9. The van der Waals surface area contributed by atoms with Crippen LogP contribution in [0.5, 0.6) is 0 Å². The second kappa shape index (κ2) is 7.88. The van der Waals surface area contributed by atoms with E-state index in [0.29, 0.717) is 0 Å².